The summed E-state index contributed by atoms with van der Waals surface area (Å²) in [6.45, 7) is 0.409. The molecule has 1 aliphatic heterocycles. The predicted octanol–water partition coefficient (Wildman–Crippen LogP) is 4.53. The molecule has 0 spiro atoms. The maximum atomic E-state index is 14.2. The number of rotatable bonds is 4. The first-order chi connectivity index (χ1) is 13.7. The molecule has 1 fully saturated rings. The molecular weight excluding hydrogens is 383 g/mol. The van der Waals surface area contributed by atoms with Crippen LogP contribution in [0.25, 0.3) is 21.9 Å². The van der Waals surface area contributed by atoms with Gasteiger partial charge >= 0.3 is 0 Å². The highest BCUT2D eigenvalue weighted by Crippen LogP contribution is 2.34. The number of hydrogen-bond acceptors (Lipinski definition) is 5. The average molecular weight is 399 g/mol. The van der Waals surface area contributed by atoms with Crippen LogP contribution >= 0.6 is 11.6 Å². The van der Waals surface area contributed by atoms with Gasteiger partial charge in [-0.25, -0.2) is 14.4 Å². The van der Waals surface area contributed by atoms with Crippen molar-refractivity contribution in [2.75, 3.05) is 6.61 Å². The Hall–Kier alpha value is -2.77. The number of aromatic nitrogens is 4. The molecule has 6 nitrogen and oxygen atoms in total. The number of pyridine rings is 1. The molecule has 1 aliphatic rings. The van der Waals surface area contributed by atoms with Crippen molar-refractivity contribution in [2.45, 2.75) is 25.2 Å². The van der Waals surface area contributed by atoms with E-state index in [-0.39, 0.29) is 22.9 Å². The van der Waals surface area contributed by atoms with E-state index in [1.165, 1.54) is 12.5 Å². The molecule has 0 unspecified atom stereocenters. The fourth-order valence-electron chi connectivity index (χ4n) is 3.56. The van der Waals surface area contributed by atoms with Crippen molar-refractivity contribution in [1.29, 1.82) is 0 Å². The van der Waals surface area contributed by atoms with Gasteiger partial charge in [0.05, 0.1) is 17.0 Å². The zero-order chi connectivity index (χ0) is 19.1. The van der Waals surface area contributed by atoms with Gasteiger partial charge in [0, 0.05) is 23.8 Å². The lowest BCUT2D eigenvalue weighted by atomic mass is 10.2. The predicted molar refractivity (Wildman–Crippen MR) is 103 cm³/mol. The second-order valence-electron chi connectivity index (χ2n) is 6.71. The van der Waals surface area contributed by atoms with Gasteiger partial charge in [0.25, 0.3) is 0 Å². The first-order valence-electron chi connectivity index (χ1n) is 8.98. The minimum Gasteiger partial charge on any atom is -0.491 e. The van der Waals surface area contributed by atoms with Crippen LogP contribution in [0.1, 0.15) is 19.1 Å². The zero-order valence-corrected chi connectivity index (χ0v) is 15.5. The Bertz CT molecular complexity index is 1170. The quantitative estimate of drug-likeness (QED) is 0.473. The molecule has 0 saturated carbocycles. The minimum atomic E-state index is -0.451. The van der Waals surface area contributed by atoms with Crippen molar-refractivity contribution in [3.05, 3.63) is 60.0 Å². The highest BCUT2D eigenvalue weighted by atomic mass is 35.5. The highest BCUT2D eigenvalue weighted by molar-refractivity contribution is 6.34. The average Bonchev–Trinajstić information content (AvgIpc) is 3.31. The van der Waals surface area contributed by atoms with E-state index in [1.54, 1.807) is 10.8 Å². The lowest BCUT2D eigenvalue weighted by molar-refractivity contribution is -0.0158. The van der Waals surface area contributed by atoms with Gasteiger partial charge in [-0.15, -0.1) is 0 Å². The van der Waals surface area contributed by atoms with Crippen LogP contribution in [0.4, 0.5) is 4.39 Å². The van der Waals surface area contributed by atoms with E-state index < -0.39 is 5.82 Å². The lowest BCUT2D eigenvalue weighted by Crippen LogP contribution is -2.18. The van der Waals surface area contributed by atoms with Crippen LogP contribution in [0.15, 0.2) is 49.1 Å². The third-order valence-electron chi connectivity index (χ3n) is 4.93. The first-order valence-corrected chi connectivity index (χ1v) is 9.36. The number of halogens is 2. The van der Waals surface area contributed by atoms with Crippen molar-refractivity contribution in [3.63, 3.8) is 0 Å². The van der Waals surface area contributed by atoms with Crippen LogP contribution in [0.3, 0.4) is 0 Å². The van der Waals surface area contributed by atoms with Gasteiger partial charge in [-0.2, -0.15) is 0 Å². The Morgan fingerprint density at radius 2 is 2.14 bits per heavy atom. The zero-order valence-electron chi connectivity index (χ0n) is 14.8. The van der Waals surface area contributed by atoms with Crippen molar-refractivity contribution in [3.8, 4) is 5.75 Å². The molecule has 0 bridgehead atoms. The molecule has 0 aliphatic carbocycles. The van der Waals surface area contributed by atoms with Gasteiger partial charge in [-0.3, -0.25) is 4.98 Å². The fourth-order valence-corrected chi connectivity index (χ4v) is 3.78. The lowest BCUT2D eigenvalue weighted by Gasteiger charge is -2.16. The van der Waals surface area contributed by atoms with Gasteiger partial charge in [0.2, 0.25) is 0 Å². The summed E-state index contributed by atoms with van der Waals surface area (Å²) >= 11 is 6.00. The molecule has 1 saturated heterocycles. The summed E-state index contributed by atoms with van der Waals surface area (Å²) < 4.78 is 27.9. The fraction of sp³-hybridized carbons (Fsp3) is 0.250. The second-order valence-corrected chi connectivity index (χ2v) is 7.06. The molecular formula is C20H16ClFN4O2. The molecule has 8 heteroatoms. The molecule has 142 valence electrons. The molecule has 28 heavy (non-hydrogen) atoms. The number of fused-ring (bicyclic) bond motifs is 2. The molecule has 2 atom stereocenters. The van der Waals surface area contributed by atoms with Crippen molar-refractivity contribution >= 4 is 33.5 Å². The third-order valence-corrected chi connectivity index (χ3v) is 5.21. The van der Waals surface area contributed by atoms with Crippen molar-refractivity contribution < 1.29 is 13.9 Å². The van der Waals surface area contributed by atoms with E-state index in [2.05, 4.69) is 15.0 Å². The Morgan fingerprint density at radius 1 is 1.21 bits per heavy atom. The maximum Gasteiger partial charge on any atom is 0.153 e. The summed E-state index contributed by atoms with van der Waals surface area (Å²) in [6, 6.07) is 9.72. The van der Waals surface area contributed by atoms with Crippen LogP contribution in [0.2, 0.25) is 5.15 Å². The molecule has 3 aromatic heterocycles. The molecule has 0 radical (unpaired) electrons. The summed E-state index contributed by atoms with van der Waals surface area (Å²) in [5, 5.41) is 1.38. The van der Waals surface area contributed by atoms with E-state index in [0.717, 1.165) is 29.5 Å². The number of benzene rings is 1. The van der Waals surface area contributed by atoms with Crippen molar-refractivity contribution in [2.24, 2.45) is 0 Å². The molecule has 5 rings (SSSR count). The summed E-state index contributed by atoms with van der Waals surface area (Å²) in [4.78, 5) is 12.3. The smallest absolute Gasteiger partial charge is 0.153 e. The summed E-state index contributed by atoms with van der Waals surface area (Å²) in [5.74, 6) is 0.294. The molecule has 0 amide bonds. The van der Waals surface area contributed by atoms with Crippen LogP contribution in [-0.4, -0.2) is 32.2 Å². The van der Waals surface area contributed by atoms with Gasteiger partial charge in [0.1, 0.15) is 35.7 Å². The summed E-state index contributed by atoms with van der Waals surface area (Å²) in [5.41, 5.74) is 1.32. The Kier molecular flexibility index (Phi) is 4.33. The van der Waals surface area contributed by atoms with Crippen LogP contribution in [-0.2, 0) is 4.74 Å². The van der Waals surface area contributed by atoms with Gasteiger partial charge in [-0.1, -0.05) is 17.7 Å². The third kappa shape index (κ3) is 3.06. The normalized spacial score (nSPS) is 19.5. The maximum absolute atomic E-state index is 14.2. The number of nitrogens with zero attached hydrogens (tertiary/aromatic N) is 4. The van der Waals surface area contributed by atoms with Gasteiger partial charge < -0.3 is 14.0 Å². The SMILES string of the molecule is Fc1cn([C@H]2CC[C@@H](COc3ccc4cccnc4c3)O2)c2ncnc(Cl)c12. The monoisotopic (exact) mass is 398 g/mol. The van der Waals surface area contributed by atoms with E-state index in [1.807, 2.05) is 30.3 Å². The van der Waals surface area contributed by atoms with Crippen LogP contribution in [0.5, 0.6) is 5.75 Å². The molecule has 4 heterocycles. The topological polar surface area (TPSA) is 62.1 Å². The molecule has 0 N–H and O–H groups in total. The first kappa shape index (κ1) is 17.3. The van der Waals surface area contributed by atoms with E-state index in [4.69, 9.17) is 21.1 Å². The highest BCUT2D eigenvalue weighted by Gasteiger charge is 2.29. The molecule has 4 aromatic rings. The summed E-state index contributed by atoms with van der Waals surface area (Å²) in [7, 11) is 0. The van der Waals surface area contributed by atoms with E-state index in [9.17, 15) is 4.39 Å². The Labute approximate surface area is 164 Å². The second kappa shape index (κ2) is 7.00. The number of hydrogen-bond donors (Lipinski definition) is 0. The Morgan fingerprint density at radius 3 is 3.07 bits per heavy atom. The van der Waals surface area contributed by atoms with Crippen LogP contribution in [0, 0.1) is 5.82 Å². The van der Waals surface area contributed by atoms with E-state index >= 15 is 0 Å². The van der Waals surface area contributed by atoms with E-state index in [0.29, 0.717) is 12.3 Å². The molecule has 1 aromatic carbocycles. The minimum absolute atomic E-state index is 0.0951. The standard InChI is InChI=1S/C20H16ClFN4O2/c21-19-18-15(22)9-26(20(18)25-11-24-19)17-6-5-14(28-17)10-27-13-4-3-12-2-1-7-23-16(12)8-13/h1-4,7-9,11,14,17H,5-6,10H2/t14-,17+/m0/s1. The number of ether oxygens (including phenoxy) is 2. The van der Waals surface area contributed by atoms with Crippen LogP contribution < -0.4 is 4.74 Å². The summed E-state index contributed by atoms with van der Waals surface area (Å²) in [6.07, 6.45) is 5.58. The largest absolute Gasteiger partial charge is 0.491 e. The van der Waals surface area contributed by atoms with Gasteiger partial charge in [0.15, 0.2) is 5.82 Å². The van der Waals surface area contributed by atoms with Gasteiger partial charge in [-0.05, 0) is 31.0 Å². The van der Waals surface area contributed by atoms with Crippen molar-refractivity contribution in [1.82, 2.24) is 19.5 Å². The Balaban J connectivity index is 1.29.